The Balaban J connectivity index is 1.70. The van der Waals surface area contributed by atoms with Crippen LogP contribution < -0.4 is 15.4 Å². The third-order valence-electron chi connectivity index (χ3n) is 6.10. The highest BCUT2D eigenvalue weighted by atomic mass is 35.5. The summed E-state index contributed by atoms with van der Waals surface area (Å²) in [5.74, 6) is -1.41. The van der Waals surface area contributed by atoms with E-state index < -0.39 is 36.3 Å². The van der Waals surface area contributed by atoms with Crippen molar-refractivity contribution in [2.75, 3.05) is 20.3 Å². The van der Waals surface area contributed by atoms with Crippen molar-refractivity contribution < 1.29 is 33.4 Å². The summed E-state index contributed by atoms with van der Waals surface area (Å²) < 4.78 is 15.6. The van der Waals surface area contributed by atoms with Crippen LogP contribution in [0.25, 0.3) is 0 Å². The Bertz CT molecular complexity index is 970. The summed E-state index contributed by atoms with van der Waals surface area (Å²) in [6, 6.07) is 2.47. The van der Waals surface area contributed by atoms with Gasteiger partial charge in [-0.15, -0.1) is 0 Å². The van der Waals surface area contributed by atoms with E-state index in [1.807, 2.05) is 13.8 Å². The van der Waals surface area contributed by atoms with Crippen molar-refractivity contribution in [3.63, 3.8) is 0 Å². The van der Waals surface area contributed by atoms with E-state index >= 15 is 0 Å². The van der Waals surface area contributed by atoms with Gasteiger partial charge in [-0.1, -0.05) is 25.4 Å². The lowest BCUT2D eigenvalue weighted by Crippen LogP contribution is -2.56. The van der Waals surface area contributed by atoms with Gasteiger partial charge in [0.2, 0.25) is 18.1 Å². The minimum absolute atomic E-state index is 0.00434. The van der Waals surface area contributed by atoms with E-state index in [9.17, 15) is 19.2 Å². The number of likely N-dealkylation sites (tertiary alicyclic amines) is 1. The Morgan fingerprint density at radius 1 is 1.29 bits per heavy atom. The lowest BCUT2D eigenvalue weighted by molar-refractivity contribution is -0.164. The predicted molar refractivity (Wildman–Crippen MR) is 127 cm³/mol. The van der Waals surface area contributed by atoms with Crippen LogP contribution in [0, 0.1) is 5.92 Å². The van der Waals surface area contributed by atoms with Gasteiger partial charge in [0.15, 0.2) is 0 Å². The number of hydrogen-bond donors (Lipinski definition) is 2. The molecule has 35 heavy (non-hydrogen) atoms. The van der Waals surface area contributed by atoms with Gasteiger partial charge in [0.05, 0.1) is 24.1 Å². The Hall–Kier alpha value is -2.85. The van der Waals surface area contributed by atoms with Gasteiger partial charge in [-0.05, 0) is 43.9 Å². The lowest BCUT2D eigenvalue weighted by atomic mass is 10.0. The number of esters is 1. The Morgan fingerprint density at radius 3 is 2.66 bits per heavy atom. The molecule has 0 bridgehead atoms. The van der Waals surface area contributed by atoms with Crippen molar-refractivity contribution in [3.8, 4) is 5.75 Å². The number of rotatable bonds is 9. The fourth-order valence-electron chi connectivity index (χ4n) is 4.27. The molecule has 10 nitrogen and oxygen atoms in total. The predicted octanol–water partition coefficient (Wildman–Crippen LogP) is 1.89. The maximum atomic E-state index is 13.5. The van der Waals surface area contributed by atoms with Gasteiger partial charge in [-0.3, -0.25) is 19.2 Å². The van der Waals surface area contributed by atoms with Crippen molar-refractivity contribution in [1.82, 2.24) is 15.5 Å². The van der Waals surface area contributed by atoms with Gasteiger partial charge < -0.3 is 29.7 Å². The van der Waals surface area contributed by atoms with Gasteiger partial charge in [0.1, 0.15) is 23.9 Å². The first-order valence-corrected chi connectivity index (χ1v) is 12.1. The minimum Gasteiger partial charge on any atom is -0.497 e. The molecule has 2 aliphatic rings. The van der Waals surface area contributed by atoms with Crippen LogP contribution in [-0.4, -0.2) is 73.3 Å². The highest BCUT2D eigenvalue weighted by molar-refractivity contribution is 6.34. The monoisotopic (exact) mass is 509 g/mol. The first-order chi connectivity index (χ1) is 16.7. The summed E-state index contributed by atoms with van der Waals surface area (Å²) in [4.78, 5) is 52.7. The normalized spacial score (nSPS) is 22.6. The lowest BCUT2D eigenvalue weighted by Gasteiger charge is -2.31. The van der Waals surface area contributed by atoms with E-state index in [-0.39, 0.29) is 34.7 Å². The summed E-state index contributed by atoms with van der Waals surface area (Å²) in [5, 5.41) is 5.78. The fraction of sp³-hybridized carbons (Fsp3) is 0.583. The van der Waals surface area contributed by atoms with Crippen LogP contribution in [0.2, 0.25) is 5.02 Å². The number of benzene rings is 1. The maximum absolute atomic E-state index is 13.5. The van der Waals surface area contributed by atoms with Crippen LogP contribution >= 0.6 is 11.6 Å². The number of methoxy groups -OCH3 is 1. The molecular weight excluding hydrogens is 478 g/mol. The zero-order valence-corrected chi connectivity index (χ0v) is 21.1. The largest absolute Gasteiger partial charge is 0.497 e. The molecule has 192 valence electrons. The highest BCUT2D eigenvalue weighted by Crippen LogP contribution is 2.25. The van der Waals surface area contributed by atoms with Crippen LogP contribution in [0.5, 0.6) is 5.75 Å². The molecule has 3 amide bonds. The van der Waals surface area contributed by atoms with Gasteiger partial charge >= 0.3 is 5.97 Å². The topological polar surface area (TPSA) is 123 Å². The van der Waals surface area contributed by atoms with E-state index in [1.54, 1.807) is 13.0 Å². The van der Waals surface area contributed by atoms with Crippen molar-refractivity contribution in [1.29, 1.82) is 0 Å². The molecule has 3 rings (SSSR count). The molecule has 0 aromatic heterocycles. The molecule has 11 heteroatoms. The SMILES string of the molecule is CCO[C@@H]1OC(=O)C[C@H]1NC(=O)[C@@H]1CCCN1C(=O)[C@@H](NC(=O)c1ccc(OC)cc1Cl)C(C)C. The zero-order chi connectivity index (χ0) is 25.7. The molecule has 0 radical (unpaired) electrons. The maximum Gasteiger partial charge on any atom is 0.310 e. The van der Waals surface area contributed by atoms with Crippen molar-refractivity contribution in [3.05, 3.63) is 28.8 Å². The standard InChI is InChI=1S/C24H32ClN3O7/c1-5-34-24-17(12-19(29)35-24)26-22(31)18-7-6-10-28(18)23(32)20(13(2)3)27-21(30)15-9-8-14(33-4)11-16(15)25/h8-9,11,13,17-18,20,24H,5-7,10,12H2,1-4H3,(H,26,31)(H,27,30)/t17-,18+,20+,24-/m1/s1. The molecule has 2 aliphatic heterocycles. The summed E-state index contributed by atoms with van der Waals surface area (Å²) in [6.45, 7) is 6.11. The molecule has 0 unspecified atom stereocenters. The first-order valence-electron chi connectivity index (χ1n) is 11.7. The molecule has 1 aromatic rings. The Kier molecular flexibility index (Phi) is 8.96. The van der Waals surface area contributed by atoms with Crippen LogP contribution in [0.1, 0.15) is 50.4 Å². The number of carbonyl (C=O) groups is 4. The smallest absolute Gasteiger partial charge is 0.310 e. The van der Waals surface area contributed by atoms with Crippen LogP contribution in [0.4, 0.5) is 0 Å². The molecule has 4 atom stereocenters. The Morgan fingerprint density at radius 2 is 2.03 bits per heavy atom. The van der Waals surface area contributed by atoms with Crippen molar-refractivity contribution >= 4 is 35.3 Å². The average molecular weight is 510 g/mol. The van der Waals surface area contributed by atoms with Crippen LogP contribution in [0.15, 0.2) is 18.2 Å². The molecule has 0 aliphatic carbocycles. The second kappa shape index (κ2) is 11.7. The van der Waals surface area contributed by atoms with E-state index in [4.69, 9.17) is 25.8 Å². The molecule has 2 heterocycles. The average Bonchev–Trinajstić information content (AvgIpc) is 3.43. The van der Waals surface area contributed by atoms with E-state index in [0.717, 1.165) is 0 Å². The van der Waals surface area contributed by atoms with Gasteiger partial charge in [0.25, 0.3) is 5.91 Å². The van der Waals surface area contributed by atoms with Crippen LogP contribution in [0.3, 0.4) is 0 Å². The second-order valence-electron chi connectivity index (χ2n) is 8.86. The number of cyclic esters (lactones) is 1. The van der Waals surface area contributed by atoms with Gasteiger partial charge in [0, 0.05) is 13.2 Å². The summed E-state index contributed by atoms with van der Waals surface area (Å²) in [6.07, 6.45) is 0.271. The van der Waals surface area contributed by atoms with Crippen molar-refractivity contribution in [2.24, 2.45) is 5.92 Å². The summed E-state index contributed by atoms with van der Waals surface area (Å²) in [7, 11) is 1.50. The third-order valence-corrected chi connectivity index (χ3v) is 6.41. The minimum atomic E-state index is -0.860. The molecule has 2 fully saturated rings. The fourth-order valence-corrected chi connectivity index (χ4v) is 4.53. The molecule has 2 N–H and O–H groups in total. The van der Waals surface area contributed by atoms with Gasteiger partial charge in [-0.25, -0.2) is 0 Å². The van der Waals surface area contributed by atoms with E-state index in [1.165, 1.54) is 24.1 Å². The number of halogens is 1. The van der Waals surface area contributed by atoms with Gasteiger partial charge in [-0.2, -0.15) is 0 Å². The number of nitrogens with zero attached hydrogens (tertiary/aromatic N) is 1. The number of hydrogen-bond acceptors (Lipinski definition) is 7. The third kappa shape index (κ3) is 6.24. The quantitative estimate of drug-likeness (QED) is 0.487. The molecular formula is C24H32ClN3O7. The number of amides is 3. The van der Waals surface area contributed by atoms with E-state index in [2.05, 4.69) is 10.6 Å². The second-order valence-corrected chi connectivity index (χ2v) is 9.27. The molecule has 2 saturated heterocycles. The molecule has 0 saturated carbocycles. The molecule has 1 aromatic carbocycles. The highest BCUT2D eigenvalue weighted by Gasteiger charge is 2.42. The summed E-state index contributed by atoms with van der Waals surface area (Å²) >= 11 is 6.23. The van der Waals surface area contributed by atoms with Crippen molar-refractivity contribution in [2.45, 2.75) is 64.4 Å². The Labute approximate surface area is 209 Å². The summed E-state index contributed by atoms with van der Waals surface area (Å²) in [5.41, 5.74) is 0.217. The van der Waals surface area contributed by atoms with E-state index in [0.29, 0.717) is 31.7 Å². The first kappa shape index (κ1) is 26.7. The zero-order valence-electron chi connectivity index (χ0n) is 20.3. The van der Waals surface area contributed by atoms with Crippen LogP contribution in [-0.2, 0) is 23.9 Å². The number of nitrogens with one attached hydrogen (secondary N) is 2. The number of ether oxygens (including phenoxy) is 3. The molecule has 0 spiro atoms. The number of carbonyl (C=O) groups excluding carboxylic acids is 4.